The largest absolute Gasteiger partial charge is 0.326 e. The van der Waals surface area contributed by atoms with Gasteiger partial charge in [0.05, 0.1) is 17.2 Å². The molecule has 1 N–H and O–H groups in total. The number of rotatable bonds is 4. The lowest BCUT2D eigenvalue weighted by Crippen LogP contribution is -2.23. The molecule has 0 radical (unpaired) electrons. The maximum atomic E-state index is 12.8. The van der Waals surface area contributed by atoms with Crippen molar-refractivity contribution in [1.82, 2.24) is 9.55 Å². The van der Waals surface area contributed by atoms with Crippen molar-refractivity contribution >= 4 is 22.5 Å². The van der Waals surface area contributed by atoms with Crippen LogP contribution in [0.1, 0.15) is 12.0 Å². The van der Waals surface area contributed by atoms with Crippen LogP contribution in [0.4, 0.5) is 10.1 Å². The fourth-order valence-electron chi connectivity index (χ4n) is 2.48. The fraction of sp³-hybridized carbons (Fsp3) is 0.167. The van der Waals surface area contributed by atoms with Gasteiger partial charge in [-0.05, 0) is 42.8 Å². The first-order valence-corrected chi connectivity index (χ1v) is 7.55. The van der Waals surface area contributed by atoms with Crippen molar-refractivity contribution < 1.29 is 9.18 Å². The molecule has 0 fully saturated rings. The average molecular weight is 325 g/mol. The van der Waals surface area contributed by atoms with Gasteiger partial charge in [-0.3, -0.25) is 14.2 Å². The number of benzene rings is 2. The smallest absolute Gasteiger partial charge is 0.261 e. The van der Waals surface area contributed by atoms with Crippen molar-refractivity contribution in [2.24, 2.45) is 0 Å². The SMILES string of the molecule is Cc1cccc2c(=O)n(CCC(=O)Nc3ccc(F)cc3)cnc12. The van der Waals surface area contributed by atoms with Gasteiger partial charge in [0.1, 0.15) is 5.82 Å². The maximum absolute atomic E-state index is 12.8. The predicted molar refractivity (Wildman–Crippen MR) is 90.4 cm³/mol. The van der Waals surface area contributed by atoms with Gasteiger partial charge >= 0.3 is 0 Å². The molecule has 1 heterocycles. The van der Waals surface area contributed by atoms with E-state index in [0.29, 0.717) is 16.6 Å². The zero-order chi connectivity index (χ0) is 17.1. The van der Waals surface area contributed by atoms with Gasteiger partial charge in [-0.15, -0.1) is 0 Å². The van der Waals surface area contributed by atoms with Crippen LogP contribution >= 0.6 is 0 Å². The highest BCUT2D eigenvalue weighted by Crippen LogP contribution is 2.12. The number of aromatic nitrogens is 2. The first kappa shape index (κ1) is 15.9. The van der Waals surface area contributed by atoms with Crippen LogP contribution in [0.5, 0.6) is 0 Å². The number of halogens is 1. The number of hydrogen-bond donors (Lipinski definition) is 1. The highest BCUT2D eigenvalue weighted by atomic mass is 19.1. The molecule has 0 bridgehead atoms. The molecule has 0 aliphatic heterocycles. The fourth-order valence-corrected chi connectivity index (χ4v) is 2.48. The Bertz CT molecular complexity index is 949. The van der Waals surface area contributed by atoms with Crippen molar-refractivity contribution in [3.63, 3.8) is 0 Å². The molecule has 6 heteroatoms. The Morgan fingerprint density at radius 2 is 1.96 bits per heavy atom. The average Bonchev–Trinajstić information content (AvgIpc) is 2.57. The van der Waals surface area contributed by atoms with Crippen LogP contribution in [0, 0.1) is 12.7 Å². The summed E-state index contributed by atoms with van der Waals surface area (Å²) in [5.41, 5.74) is 1.96. The van der Waals surface area contributed by atoms with E-state index in [2.05, 4.69) is 10.3 Å². The lowest BCUT2D eigenvalue weighted by atomic mass is 10.1. The van der Waals surface area contributed by atoms with Crippen LogP contribution in [-0.4, -0.2) is 15.5 Å². The second-order valence-corrected chi connectivity index (χ2v) is 5.52. The van der Waals surface area contributed by atoms with Crippen LogP contribution in [-0.2, 0) is 11.3 Å². The minimum absolute atomic E-state index is 0.121. The van der Waals surface area contributed by atoms with Crippen LogP contribution in [0.2, 0.25) is 0 Å². The van der Waals surface area contributed by atoms with Gasteiger partial charge in [-0.2, -0.15) is 0 Å². The number of para-hydroxylation sites is 1. The van der Waals surface area contributed by atoms with Crippen LogP contribution in [0.15, 0.2) is 53.6 Å². The third-order valence-electron chi connectivity index (χ3n) is 3.76. The lowest BCUT2D eigenvalue weighted by molar-refractivity contribution is -0.116. The molecule has 0 spiro atoms. The zero-order valence-electron chi connectivity index (χ0n) is 13.1. The summed E-state index contributed by atoms with van der Waals surface area (Å²) < 4.78 is 14.3. The van der Waals surface area contributed by atoms with E-state index in [4.69, 9.17) is 0 Å². The molecular formula is C18H16FN3O2. The molecule has 1 amide bonds. The number of aryl methyl sites for hydroxylation is 2. The molecule has 0 aliphatic carbocycles. The van der Waals surface area contributed by atoms with Crippen molar-refractivity contribution in [1.29, 1.82) is 0 Å². The Labute approximate surface area is 137 Å². The van der Waals surface area contributed by atoms with Crippen LogP contribution < -0.4 is 10.9 Å². The molecule has 0 saturated carbocycles. The molecule has 2 aromatic carbocycles. The Hall–Kier alpha value is -3.02. The van der Waals surface area contributed by atoms with Crippen molar-refractivity contribution in [3.8, 4) is 0 Å². The number of fused-ring (bicyclic) bond motifs is 1. The summed E-state index contributed by atoms with van der Waals surface area (Å²) in [5, 5.41) is 3.20. The van der Waals surface area contributed by atoms with Gasteiger partial charge in [-0.1, -0.05) is 12.1 Å². The molecule has 0 aliphatic rings. The lowest BCUT2D eigenvalue weighted by Gasteiger charge is -2.08. The number of carbonyl (C=O) groups is 1. The normalized spacial score (nSPS) is 10.8. The highest BCUT2D eigenvalue weighted by molar-refractivity contribution is 5.90. The molecule has 122 valence electrons. The second-order valence-electron chi connectivity index (χ2n) is 5.52. The quantitative estimate of drug-likeness (QED) is 0.802. The molecule has 0 atom stereocenters. The van der Waals surface area contributed by atoms with Gasteiger partial charge in [0, 0.05) is 18.7 Å². The molecule has 24 heavy (non-hydrogen) atoms. The van der Waals surface area contributed by atoms with Gasteiger partial charge in [0.15, 0.2) is 0 Å². The van der Waals surface area contributed by atoms with Crippen LogP contribution in [0.3, 0.4) is 0 Å². The van der Waals surface area contributed by atoms with Crippen LogP contribution in [0.25, 0.3) is 10.9 Å². The highest BCUT2D eigenvalue weighted by Gasteiger charge is 2.08. The summed E-state index contributed by atoms with van der Waals surface area (Å²) in [6, 6.07) is 11.0. The Kier molecular flexibility index (Phi) is 4.37. The second kappa shape index (κ2) is 6.62. The molecule has 0 saturated heterocycles. The first-order valence-electron chi connectivity index (χ1n) is 7.55. The summed E-state index contributed by atoms with van der Waals surface area (Å²) in [6.07, 6.45) is 1.58. The number of anilines is 1. The summed E-state index contributed by atoms with van der Waals surface area (Å²) >= 11 is 0. The number of nitrogens with zero attached hydrogens (tertiary/aromatic N) is 2. The molecular weight excluding hydrogens is 309 g/mol. The van der Waals surface area contributed by atoms with Crippen molar-refractivity contribution in [3.05, 3.63) is 70.5 Å². The summed E-state index contributed by atoms with van der Waals surface area (Å²) in [6.45, 7) is 2.12. The molecule has 0 unspecified atom stereocenters. The number of amides is 1. The predicted octanol–water partition coefficient (Wildman–Crippen LogP) is 2.87. The molecule has 1 aromatic heterocycles. The Morgan fingerprint density at radius 1 is 1.21 bits per heavy atom. The molecule has 3 aromatic rings. The number of carbonyl (C=O) groups excluding carboxylic acids is 1. The third-order valence-corrected chi connectivity index (χ3v) is 3.76. The van der Waals surface area contributed by atoms with E-state index >= 15 is 0 Å². The number of nitrogens with one attached hydrogen (secondary N) is 1. The van der Waals surface area contributed by atoms with E-state index in [-0.39, 0.29) is 30.2 Å². The van der Waals surface area contributed by atoms with Gasteiger partial charge in [0.25, 0.3) is 5.56 Å². The topological polar surface area (TPSA) is 64.0 Å². The van der Waals surface area contributed by atoms with E-state index in [1.165, 1.54) is 35.2 Å². The zero-order valence-corrected chi connectivity index (χ0v) is 13.1. The van der Waals surface area contributed by atoms with E-state index in [1.54, 1.807) is 6.07 Å². The van der Waals surface area contributed by atoms with Gasteiger partial charge in [0.2, 0.25) is 5.91 Å². The summed E-state index contributed by atoms with van der Waals surface area (Å²) in [7, 11) is 0. The van der Waals surface area contributed by atoms with Crippen molar-refractivity contribution in [2.75, 3.05) is 5.32 Å². The molecule has 5 nitrogen and oxygen atoms in total. The Morgan fingerprint density at radius 3 is 2.71 bits per heavy atom. The summed E-state index contributed by atoms with van der Waals surface area (Å²) in [5.74, 6) is -0.616. The van der Waals surface area contributed by atoms with Gasteiger partial charge < -0.3 is 5.32 Å². The maximum Gasteiger partial charge on any atom is 0.261 e. The monoisotopic (exact) mass is 325 g/mol. The van der Waals surface area contributed by atoms with Gasteiger partial charge in [-0.25, -0.2) is 9.37 Å². The van der Waals surface area contributed by atoms with E-state index in [1.807, 2.05) is 19.1 Å². The summed E-state index contributed by atoms with van der Waals surface area (Å²) in [4.78, 5) is 28.7. The minimum atomic E-state index is -0.364. The number of hydrogen-bond acceptors (Lipinski definition) is 3. The minimum Gasteiger partial charge on any atom is -0.326 e. The van der Waals surface area contributed by atoms with Crippen molar-refractivity contribution in [2.45, 2.75) is 19.9 Å². The van der Waals surface area contributed by atoms with E-state index < -0.39 is 0 Å². The van der Waals surface area contributed by atoms with E-state index in [0.717, 1.165) is 5.56 Å². The standard InChI is InChI=1S/C18H16FN3O2/c1-12-3-2-4-15-17(12)20-11-22(18(15)24)10-9-16(23)21-14-7-5-13(19)6-8-14/h2-8,11H,9-10H2,1H3,(H,21,23). The van der Waals surface area contributed by atoms with E-state index in [9.17, 15) is 14.0 Å². The Balaban J connectivity index is 1.71. The third kappa shape index (κ3) is 3.32. The first-order chi connectivity index (χ1) is 11.5. The molecule has 3 rings (SSSR count).